The Morgan fingerprint density at radius 2 is 1.50 bits per heavy atom. The van der Waals surface area contributed by atoms with Crippen LogP contribution in [0.2, 0.25) is 0 Å². The van der Waals surface area contributed by atoms with Crippen molar-refractivity contribution in [2.24, 2.45) is 0 Å². The van der Waals surface area contributed by atoms with Gasteiger partial charge in [-0.2, -0.15) is 0 Å². The normalized spacial score (nSPS) is 16.9. The van der Waals surface area contributed by atoms with Crippen LogP contribution >= 0.6 is 34.8 Å². The Morgan fingerprint density at radius 3 is 2.07 bits per heavy atom. The van der Waals surface area contributed by atoms with Gasteiger partial charge < -0.3 is 10.2 Å². The number of para-hydroxylation sites is 1. The van der Waals surface area contributed by atoms with Crippen molar-refractivity contribution in [2.75, 3.05) is 31.1 Å². The lowest BCUT2D eigenvalue weighted by Crippen LogP contribution is -2.60. The second-order valence-electron chi connectivity index (χ2n) is 6.56. The lowest BCUT2D eigenvalue weighted by molar-refractivity contribution is -0.118. The molecule has 0 aliphatic carbocycles. The molecule has 0 bridgehead atoms. The number of hydrogen-bond donors (Lipinski definition) is 1. The van der Waals surface area contributed by atoms with Crippen molar-refractivity contribution in [3.63, 3.8) is 0 Å². The van der Waals surface area contributed by atoms with E-state index in [1.165, 1.54) is 11.8 Å². The fourth-order valence-corrected chi connectivity index (χ4v) is 3.75. The number of amides is 1. The lowest BCUT2D eigenvalue weighted by Gasteiger charge is -2.42. The molecule has 0 spiro atoms. The predicted molar refractivity (Wildman–Crippen MR) is 118 cm³/mol. The molecule has 28 heavy (non-hydrogen) atoms. The molecule has 2 aromatic carbocycles. The maximum absolute atomic E-state index is 12.4. The van der Waals surface area contributed by atoms with E-state index in [2.05, 4.69) is 22.3 Å². The van der Waals surface area contributed by atoms with E-state index in [9.17, 15) is 4.79 Å². The number of carbonyl (C=O) groups excluding carboxylic acids is 1. The van der Waals surface area contributed by atoms with E-state index in [1.54, 1.807) is 6.08 Å². The summed E-state index contributed by atoms with van der Waals surface area (Å²) >= 11 is 18.6. The molecule has 1 unspecified atom stereocenters. The van der Waals surface area contributed by atoms with Crippen LogP contribution in [0.25, 0.3) is 6.08 Å². The molecule has 148 valence electrons. The molecule has 0 saturated carbocycles. The van der Waals surface area contributed by atoms with Gasteiger partial charge in [0.25, 0.3) is 0 Å². The van der Waals surface area contributed by atoms with Crippen LogP contribution in [0.3, 0.4) is 0 Å². The topological polar surface area (TPSA) is 35.6 Å². The van der Waals surface area contributed by atoms with Gasteiger partial charge in [-0.25, -0.2) is 0 Å². The molecule has 0 radical (unpaired) electrons. The Kier molecular flexibility index (Phi) is 7.24. The van der Waals surface area contributed by atoms with Crippen molar-refractivity contribution < 1.29 is 4.79 Å². The highest BCUT2D eigenvalue weighted by Gasteiger charge is 2.39. The second kappa shape index (κ2) is 9.66. The van der Waals surface area contributed by atoms with Gasteiger partial charge in [-0.15, -0.1) is 0 Å². The van der Waals surface area contributed by atoms with E-state index in [1.807, 2.05) is 53.4 Å². The Balaban J connectivity index is 1.61. The summed E-state index contributed by atoms with van der Waals surface area (Å²) in [6.45, 7) is 2.93. The molecule has 1 aliphatic heterocycles. The minimum absolute atomic E-state index is 0.300. The molecule has 1 saturated heterocycles. The van der Waals surface area contributed by atoms with Crippen molar-refractivity contribution in [3.05, 3.63) is 72.3 Å². The van der Waals surface area contributed by atoms with E-state index in [0.29, 0.717) is 13.1 Å². The van der Waals surface area contributed by atoms with E-state index >= 15 is 0 Å². The summed E-state index contributed by atoms with van der Waals surface area (Å²) in [6, 6.07) is 19.8. The highest BCUT2D eigenvalue weighted by Crippen LogP contribution is 2.33. The molecule has 1 N–H and O–H groups in total. The first-order valence-corrected chi connectivity index (χ1v) is 10.2. The van der Waals surface area contributed by atoms with E-state index in [0.717, 1.165) is 18.7 Å². The fourth-order valence-electron chi connectivity index (χ4n) is 3.18. The van der Waals surface area contributed by atoms with Gasteiger partial charge in [0, 0.05) is 37.9 Å². The molecular formula is C21H22Cl3N3O. The van der Waals surface area contributed by atoms with Crippen LogP contribution in [0.1, 0.15) is 5.56 Å². The van der Waals surface area contributed by atoms with E-state index < -0.39 is 9.96 Å². The molecule has 1 heterocycles. The largest absolute Gasteiger partial charge is 0.369 e. The minimum Gasteiger partial charge on any atom is -0.369 e. The molecule has 4 nitrogen and oxygen atoms in total. The molecular weight excluding hydrogens is 417 g/mol. The number of anilines is 1. The summed E-state index contributed by atoms with van der Waals surface area (Å²) < 4.78 is -1.63. The van der Waals surface area contributed by atoms with Gasteiger partial charge in [0.1, 0.15) is 6.17 Å². The lowest BCUT2D eigenvalue weighted by atomic mass is 10.2. The van der Waals surface area contributed by atoms with Gasteiger partial charge in [-0.05, 0) is 23.8 Å². The van der Waals surface area contributed by atoms with Gasteiger partial charge in [0.05, 0.1) is 0 Å². The molecule has 1 amide bonds. The maximum atomic E-state index is 12.4. The van der Waals surface area contributed by atoms with Gasteiger partial charge in [0.15, 0.2) is 0 Å². The van der Waals surface area contributed by atoms with Gasteiger partial charge in [-0.3, -0.25) is 9.69 Å². The smallest absolute Gasteiger partial charge is 0.245 e. The van der Waals surface area contributed by atoms with E-state index in [4.69, 9.17) is 34.8 Å². The third kappa shape index (κ3) is 5.89. The first-order chi connectivity index (χ1) is 13.4. The molecule has 0 aromatic heterocycles. The summed E-state index contributed by atoms with van der Waals surface area (Å²) in [5, 5.41) is 2.84. The van der Waals surface area contributed by atoms with Crippen LogP contribution in [0, 0.1) is 0 Å². The zero-order valence-electron chi connectivity index (χ0n) is 15.3. The number of hydrogen-bond acceptors (Lipinski definition) is 3. The number of nitrogens with one attached hydrogen (secondary N) is 1. The van der Waals surface area contributed by atoms with Crippen molar-refractivity contribution >= 4 is 52.5 Å². The first-order valence-electron chi connectivity index (χ1n) is 9.08. The average Bonchev–Trinajstić information content (AvgIpc) is 2.71. The highest BCUT2D eigenvalue weighted by atomic mass is 35.6. The first kappa shape index (κ1) is 21.0. The zero-order chi connectivity index (χ0) is 20.0. The van der Waals surface area contributed by atoms with Crippen LogP contribution in [0.4, 0.5) is 5.69 Å². The van der Waals surface area contributed by atoms with Crippen LogP contribution in [-0.2, 0) is 4.79 Å². The molecule has 7 heteroatoms. The van der Waals surface area contributed by atoms with Crippen LogP contribution in [-0.4, -0.2) is 46.9 Å². The summed E-state index contributed by atoms with van der Waals surface area (Å²) in [4.78, 5) is 16.7. The third-order valence-corrected chi connectivity index (χ3v) is 5.24. The number of piperazine rings is 1. The number of carbonyl (C=O) groups is 1. The predicted octanol–water partition coefficient (Wildman–Crippen LogP) is 4.33. The second-order valence-corrected chi connectivity index (χ2v) is 8.92. The van der Waals surface area contributed by atoms with Gasteiger partial charge in [0.2, 0.25) is 9.70 Å². The Labute approximate surface area is 180 Å². The minimum atomic E-state index is -1.63. The number of halogens is 3. The van der Waals surface area contributed by atoms with Crippen LogP contribution < -0.4 is 10.2 Å². The van der Waals surface area contributed by atoms with Crippen molar-refractivity contribution in [3.8, 4) is 0 Å². The van der Waals surface area contributed by atoms with E-state index in [-0.39, 0.29) is 5.91 Å². The van der Waals surface area contributed by atoms with Crippen molar-refractivity contribution in [2.45, 2.75) is 9.96 Å². The third-order valence-electron chi connectivity index (χ3n) is 4.62. The number of rotatable bonds is 5. The summed E-state index contributed by atoms with van der Waals surface area (Å²) in [7, 11) is 0. The van der Waals surface area contributed by atoms with Gasteiger partial charge in [-0.1, -0.05) is 83.3 Å². The SMILES string of the molecule is O=C(/C=C/c1ccccc1)NC(N1CCN(c2ccccc2)CC1)C(Cl)(Cl)Cl. The molecule has 1 fully saturated rings. The maximum Gasteiger partial charge on any atom is 0.245 e. The summed E-state index contributed by atoms with van der Waals surface area (Å²) in [6.07, 6.45) is 2.49. The number of alkyl halides is 3. The molecule has 3 rings (SSSR count). The summed E-state index contributed by atoms with van der Waals surface area (Å²) in [5.41, 5.74) is 2.10. The van der Waals surface area contributed by atoms with Crippen LogP contribution in [0.15, 0.2) is 66.7 Å². The van der Waals surface area contributed by atoms with Gasteiger partial charge >= 0.3 is 0 Å². The fraction of sp³-hybridized carbons (Fsp3) is 0.286. The quantitative estimate of drug-likeness (QED) is 0.557. The number of benzene rings is 2. The Bertz CT molecular complexity index is 786. The standard InChI is InChI=1S/C21H22Cl3N3O/c22-21(23,24)20(25-19(28)12-11-17-7-3-1-4-8-17)27-15-13-26(14-16-27)18-9-5-2-6-10-18/h1-12,20H,13-16H2,(H,25,28)/b12-11+. The number of nitrogens with zero attached hydrogens (tertiary/aromatic N) is 2. The monoisotopic (exact) mass is 437 g/mol. The zero-order valence-corrected chi connectivity index (χ0v) is 17.5. The highest BCUT2D eigenvalue weighted by molar-refractivity contribution is 6.68. The Hall–Kier alpha value is -1.72. The molecule has 1 atom stereocenters. The van der Waals surface area contributed by atoms with Crippen molar-refractivity contribution in [1.29, 1.82) is 0 Å². The molecule has 1 aliphatic rings. The summed E-state index contributed by atoms with van der Waals surface area (Å²) in [5.74, 6) is -0.300. The molecule has 2 aromatic rings. The van der Waals surface area contributed by atoms with Crippen LogP contribution in [0.5, 0.6) is 0 Å². The van der Waals surface area contributed by atoms with Crippen molar-refractivity contribution in [1.82, 2.24) is 10.2 Å². The Morgan fingerprint density at radius 1 is 0.929 bits per heavy atom. The average molecular weight is 439 g/mol.